The Hall–Kier alpha value is -2.14. The fourth-order valence-corrected chi connectivity index (χ4v) is 2.55. The minimum Gasteiger partial charge on any atom is -0.462 e. The molecule has 2 heterocycles. The van der Waals surface area contributed by atoms with Gasteiger partial charge < -0.3 is 9.73 Å². The van der Waals surface area contributed by atoms with Crippen LogP contribution >= 0.6 is 0 Å². The zero-order valence-corrected chi connectivity index (χ0v) is 12.0. The molecular weight excluding hydrogens is 264 g/mol. The molecule has 1 aliphatic carbocycles. The normalized spacial score (nSPS) is 14.9. The SMILES string of the molecule is Cc1cc(Cn2nnc3ccccc32)oc1CNC1CC1. The first-order valence-electron chi connectivity index (χ1n) is 7.39. The van der Waals surface area contributed by atoms with E-state index in [0.717, 1.165) is 29.1 Å². The van der Waals surface area contributed by atoms with Crippen LogP contribution in [-0.2, 0) is 13.1 Å². The molecule has 1 aromatic carbocycles. The standard InChI is InChI=1S/C16H18N4O/c1-11-8-13(21-16(11)9-17-12-6-7-12)10-20-15-5-3-2-4-14(15)18-19-20/h2-5,8,12,17H,6-7,9-10H2,1H3. The number of rotatable bonds is 5. The Morgan fingerprint density at radius 3 is 3.05 bits per heavy atom. The van der Waals surface area contributed by atoms with Gasteiger partial charge in [0.2, 0.25) is 0 Å². The van der Waals surface area contributed by atoms with E-state index < -0.39 is 0 Å². The van der Waals surface area contributed by atoms with Crippen LogP contribution in [-0.4, -0.2) is 21.0 Å². The van der Waals surface area contributed by atoms with Crippen LogP contribution in [0, 0.1) is 6.92 Å². The third-order valence-corrected chi connectivity index (χ3v) is 3.93. The van der Waals surface area contributed by atoms with Gasteiger partial charge in [0.25, 0.3) is 0 Å². The van der Waals surface area contributed by atoms with Crippen LogP contribution in [0.25, 0.3) is 11.0 Å². The summed E-state index contributed by atoms with van der Waals surface area (Å²) in [6, 6.07) is 10.8. The van der Waals surface area contributed by atoms with Crippen molar-refractivity contribution >= 4 is 11.0 Å². The lowest BCUT2D eigenvalue weighted by Gasteiger charge is -2.01. The number of benzene rings is 1. The van der Waals surface area contributed by atoms with E-state index >= 15 is 0 Å². The molecule has 1 N–H and O–H groups in total. The lowest BCUT2D eigenvalue weighted by molar-refractivity contribution is 0.428. The smallest absolute Gasteiger partial charge is 0.126 e. The van der Waals surface area contributed by atoms with Gasteiger partial charge in [-0.1, -0.05) is 17.3 Å². The average molecular weight is 282 g/mol. The molecule has 0 radical (unpaired) electrons. The second-order valence-corrected chi connectivity index (χ2v) is 5.71. The van der Waals surface area contributed by atoms with E-state index in [-0.39, 0.29) is 0 Å². The quantitative estimate of drug-likeness (QED) is 0.781. The molecule has 1 fully saturated rings. The van der Waals surface area contributed by atoms with E-state index in [1.807, 2.05) is 28.9 Å². The fourth-order valence-electron chi connectivity index (χ4n) is 2.55. The highest BCUT2D eigenvalue weighted by Gasteiger charge is 2.21. The van der Waals surface area contributed by atoms with Crippen molar-refractivity contribution in [2.24, 2.45) is 0 Å². The van der Waals surface area contributed by atoms with Crippen LogP contribution in [0.2, 0.25) is 0 Å². The topological polar surface area (TPSA) is 55.9 Å². The maximum atomic E-state index is 5.96. The number of nitrogens with zero attached hydrogens (tertiary/aromatic N) is 3. The summed E-state index contributed by atoms with van der Waals surface area (Å²) in [4.78, 5) is 0. The Labute approximate surface area is 122 Å². The summed E-state index contributed by atoms with van der Waals surface area (Å²) in [6.45, 7) is 3.52. The number of hydrogen-bond acceptors (Lipinski definition) is 4. The molecule has 0 atom stereocenters. The van der Waals surface area contributed by atoms with E-state index in [2.05, 4.69) is 28.6 Å². The second kappa shape index (κ2) is 5.00. The molecule has 0 bridgehead atoms. The maximum Gasteiger partial charge on any atom is 0.126 e. The van der Waals surface area contributed by atoms with Crippen LogP contribution in [0.1, 0.15) is 29.9 Å². The molecule has 108 valence electrons. The first kappa shape index (κ1) is 12.6. The van der Waals surface area contributed by atoms with E-state index in [0.29, 0.717) is 12.6 Å². The summed E-state index contributed by atoms with van der Waals surface area (Å²) in [6.07, 6.45) is 2.58. The zero-order chi connectivity index (χ0) is 14.2. The van der Waals surface area contributed by atoms with Crippen molar-refractivity contribution in [2.45, 2.75) is 38.9 Å². The van der Waals surface area contributed by atoms with Crippen molar-refractivity contribution in [3.8, 4) is 0 Å². The molecule has 5 nitrogen and oxygen atoms in total. The fraction of sp³-hybridized carbons (Fsp3) is 0.375. The van der Waals surface area contributed by atoms with Crippen molar-refractivity contribution in [2.75, 3.05) is 0 Å². The molecule has 21 heavy (non-hydrogen) atoms. The van der Waals surface area contributed by atoms with Crippen molar-refractivity contribution in [1.82, 2.24) is 20.3 Å². The van der Waals surface area contributed by atoms with E-state index in [1.165, 1.54) is 18.4 Å². The monoisotopic (exact) mass is 282 g/mol. The molecular formula is C16H18N4O. The summed E-state index contributed by atoms with van der Waals surface area (Å²) in [5, 5.41) is 11.9. The zero-order valence-electron chi connectivity index (χ0n) is 12.0. The van der Waals surface area contributed by atoms with Gasteiger partial charge in [-0.3, -0.25) is 0 Å². The highest BCUT2D eigenvalue weighted by atomic mass is 16.3. The number of furan rings is 1. The van der Waals surface area contributed by atoms with Crippen LogP contribution in [0.5, 0.6) is 0 Å². The molecule has 0 aliphatic heterocycles. The molecule has 5 heteroatoms. The van der Waals surface area contributed by atoms with Gasteiger partial charge >= 0.3 is 0 Å². The first-order valence-corrected chi connectivity index (χ1v) is 7.39. The number of nitrogens with one attached hydrogen (secondary N) is 1. The molecule has 0 amide bonds. The summed E-state index contributed by atoms with van der Waals surface area (Å²) >= 11 is 0. The summed E-state index contributed by atoms with van der Waals surface area (Å²) in [5.74, 6) is 1.96. The van der Waals surface area contributed by atoms with Crippen molar-refractivity contribution < 1.29 is 4.42 Å². The Morgan fingerprint density at radius 1 is 1.33 bits per heavy atom. The molecule has 0 spiro atoms. The Morgan fingerprint density at radius 2 is 2.19 bits per heavy atom. The number of fused-ring (bicyclic) bond motifs is 1. The predicted octanol–water partition coefficient (Wildman–Crippen LogP) is 2.63. The summed E-state index contributed by atoms with van der Waals surface area (Å²) < 4.78 is 7.84. The van der Waals surface area contributed by atoms with Gasteiger partial charge in [-0.25, -0.2) is 4.68 Å². The third-order valence-electron chi connectivity index (χ3n) is 3.93. The largest absolute Gasteiger partial charge is 0.462 e. The van der Waals surface area contributed by atoms with Crippen LogP contribution in [0.3, 0.4) is 0 Å². The second-order valence-electron chi connectivity index (χ2n) is 5.71. The number of hydrogen-bond donors (Lipinski definition) is 1. The van der Waals surface area contributed by atoms with Crippen molar-refractivity contribution in [3.05, 3.63) is 47.4 Å². The van der Waals surface area contributed by atoms with Crippen molar-refractivity contribution in [1.29, 1.82) is 0 Å². The Bertz CT molecular complexity index is 770. The van der Waals surface area contributed by atoms with Gasteiger partial charge in [0.1, 0.15) is 23.6 Å². The van der Waals surface area contributed by atoms with Crippen LogP contribution in [0.15, 0.2) is 34.7 Å². The molecule has 1 aliphatic rings. The van der Waals surface area contributed by atoms with Crippen LogP contribution in [0.4, 0.5) is 0 Å². The van der Waals surface area contributed by atoms with E-state index in [9.17, 15) is 0 Å². The highest BCUT2D eigenvalue weighted by molar-refractivity contribution is 5.73. The summed E-state index contributed by atoms with van der Waals surface area (Å²) in [7, 11) is 0. The van der Waals surface area contributed by atoms with Crippen molar-refractivity contribution in [3.63, 3.8) is 0 Å². The average Bonchev–Trinajstić information content (AvgIpc) is 3.14. The van der Waals surface area contributed by atoms with E-state index in [4.69, 9.17) is 4.42 Å². The lowest BCUT2D eigenvalue weighted by Crippen LogP contribution is -2.15. The number of aromatic nitrogens is 3. The molecule has 0 unspecified atom stereocenters. The minimum atomic E-state index is 0.616. The molecule has 0 saturated heterocycles. The Balaban J connectivity index is 1.54. The molecule has 1 saturated carbocycles. The highest BCUT2D eigenvalue weighted by Crippen LogP contribution is 2.22. The van der Waals surface area contributed by atoms with Gasteiger partial charge in [0.15, 0.2) is 0 Å². The van der Waals surface area contributed by atoms with Gasteiger partial charge in [-0.2, -0.15) is 0 Å². The Kier molecular flexibility index (Phi) is 3.00. The lowest BCUT2D eigenvalue weighted by atomic mass is 10.2. The van der Waals surface area contributed by atoms with Crippen LogP contribution < -0.4 is 5.32 Å². The van der Waals surface area contributed by atoms with Gasteiger partial charge in [-0.05, 0) is 43.5 Å². The number of aryl methyl sites for hydroxylation is 1. The first-order chi connectivity index (χ1) is 10.3. The van der Waals surface area contributed by atoms with E-state index in [1.54, 1.807) is 0 Å². The van der Waals surface area contributed by atoms with Gasteiger partial charge in [-0.15, -0.1) is 5.10 Å². The summed E-state index contributed by atoms with van der Waals surface area (Å²) in [5.41, 5.74) is 3.14. The molecule has 3 aromatic rings. The maximum absolute atomic E-state index is 5.96. The predicted molar refractivity (Wildman–Crippen MR) is 79.9 cm³/mol. The minimum absolute atomic E-state index is 0.616. The molecule has 4 rings (SSSR count). The number of para-hydroxylation sites is 1. The molecule has 2 aromatic heterocycles. The van der Waals surface area contributed by atoms with Gasteiger partial charge in [0, 0.05) is 6.04 Å². The van der Waals surface area contributed by atoms with Gasteiger partial charge in [0.05, 0.1) is 12.1 Å². The third kappa shape index (κ3) is 2.56.